The minimum atomic E-state index is -0.953. The number of carbonyl (C=O) groups is 5. The van der Waals surface area contributed by atoms with E-state index in [0.717, 1.165) is 5.56 Å². The van der Waals surface area contributed by atoms with Crippen molar-refractivity contribution >= 4 is 75.2 Å². The van der Waals surface area contributed by atoms with E-state index in [4.69, 9.17) is 23.2 Å². The monoisotopic (exact) mass is 688 g/mol. The minimum Gasteiger partial charge on any atom is -0.380 e. The second-order valence-electron chi connectivity index (χ2n) is 10.5. The maximum absolute atomic E-state index is 13.6. The Bertz CT molecular complexity index is 1810. The predicted octanol–water partition coefficient (Wildman–Crippen LogP) is 5.87. The third kappa shape index (κ3) is 7.97. The van der Waals surface area contributed by atoms with Crippen molar-refractivity contribution in [2.24, 2.45) is 0 Å². The summed E-state index contributed by atoms with van der Waals surface area (Å²) in [5, 5.41) is 10.2. The first-order valence-electron chi connectivity index (χ1n) is 14.7. The lowest BCUT2D eigenvalue weighted by molar-refractivity contribution is -0.125. The fraction of sp³-hybridized carbons (Fsp3) is 0.171. The molecule has 12 heteroatoms. The molecular weight excluding hydrogens is 659 g/mol. The number of Topliss-reactive ketones (excluding diaryl/α,β-unsaturated/α-hetero) is 2. The molecule has 1 aliphatic rings. The molecule has 3 amide bonds. The third-order valence-corrected chi connectivity index (χ3v) is 8.92. The van der Waals surface area contributed by atoms with E-state index >= 15 is 0 Å². The number of ketones is 2. The van der Waals surface area contributed by atoms with Gasteiger partial charge in [-0.15, -0.1) is 22.9 Å². The average molecular weight is 690 g/mol. The number of hydrogen-bond acceptors (Lipinski definition) is 7. The zero-order valence-corrected chi connectivity index (χ0v) is 27.3. The van der Waals surface area contributed by atoms with Gasteiger partial charge in [-0.05, 0) is 47.7 Å². The molecule has 5 rings (SSSR count). The molecule has 0 saturated carbocycles. The molecule has 1 atom stereocenters. The summed E-state index contributed by atoms with van der Waals surface area (Å²) in [6.07, 6.45) is 0.600. The normalized spacial score (nSPS) is 13.1. The quantitative estimate of drug-likeness (QED) is 0.151. The predicted molar refractivity (Wildman–Crippen MR) is 184 cm³/mol. The molecule has 0 radical (unpaired) electrons. The topological polar surface area (TPSA) is 125 Å². The molecule has 9 nitrogen and oxygen atoms in total. The summed E-state index contributed by atoms with van der Waals surface area (Å²) in [6.45, 7) is 0.436. The van der Waals surface area contributed by atoms with Gasteiger partial charge in [0.1, 0.15) is 22.7 Å². The first-order valence-corrected chi connectivity index (χ1v) is 16.5. The number of halogens is 2. The first-order chi connectivity index (χ1) is 22.8. The van der Waals surface area contributed by atoms with Crippen LogP contribution in [-0.2, 0) is 20.8 Å². The molecule has 1 heterocycles. The molecule has 3 N–H and O–H groups in total. The van der Waals surface area contributed by atoms with Gasteiger partial charge in [0.2, 0.25) is 29.3 Å². The van der Waals surface area contributed by atoms with Crippen molar-refractivity contribution < 1.29 is 24.0 Å². The highest BCUT2D eigenvalue weighted by Crippen LogP contribution is 2.32. The largest absolute Gasteiger partial charge is 0.380 e. The molecule has 1 aliphatic carbocycles. The Morgan fingerprint density at radius 1 is 0.809 bits per heavy atom. The number of amides is 3. The van der Waals surface area contributed by atoms with Crippen molar-refractivity contribution in [3.05, 3.63) is 129 Å². The average Bonchev–Trinajstić information content (AvgIpc) is 3.63. The van der Waals surface area contributed by atoms with E-state index in [-0.39, 0.29) is 52.5 Å². The maximum atomic E-state index is 13.6. The van der Waals surface area contributed by atoms with Crippen molar-refractivity contribution in [2.75, 3.05) is 29.2 Å². The van der Waals surface area contributed by atoms with Gasteiger partial charge in [-0.3, -0.25) is 28.9 Å². The van der Waals surface area contributed by atoms with Crippen LogP contribution in [0.3, 0.4) is 0 Å². The van der Waals surface area contributed by atoms with E-state index < -0.39 is 23.5 Å². The van der Waals surface area contributed by atoms with Crippen LogP contribution in [0.2, 0.25) is 0 Å². The molecule has 0 saturated heterocycles. The molecule has 4 aromatic rings. The smallest absolute Gasteiger partial charge is 0.248 e. The van der Waals surface area contributed by atoms with Crippen LogP contribution >= 0.6 is 34.5 Å². The van der Waals surface area contributed by atoms with E-state index in [1.165, 1.54) is 16.2 Å². The number of thiophene rings is 1. The molecule has 0 spiro atoms. The Balaban J connectivity index is 1.23. The number of benzene rings is 3. The van der Waals surface area contributed by atoms with E-state index in [2.05, 4.69) is 16.0 Å². The SMILES string of the molecule is O=C(CCNC1=C(Cl)C(=O)c2ccccc2C1=O)Nc1ccc(N(C(=O)CCl)C(C(=O)NCCc2ccccc2)c2cccs2)cc1. The summed E-state index contributed by atoms with van der Waals surface area (Å²) in [5.41, 5.74) is 2.40. The van der Waals surface area contributed by atoms with Gasteiger partial charge in [0.15, 0.2) is 0 Å². The van der Waals surface area contributed by atoms with Gasteiger partial charge < -0.3 is 16.0 Å². The van der Waals surface area contributed by atoms with Crippen LogP contribution in [0.15, 0.2) is 107 Å². The molecule has 240 valence electrons. The van der Waals surface area contributed by atoms with E-state index in [0.29, 0.717) is 29.2 Å². The summed E-state index contributed by atoms with van der Waals surface area (Å²) in [7, 11) is 0. The van der Waals surface area contributed by atoms with Crippen LogP contribution in [0.4, 0.5) is 11.4 Å². The lowest BCUT2D eigenvalue weighted by Gasteiger charge is -2.30. The lowest BCUT2D eigenvalue weighted by Crippen LogP contribution is -2.44. The Morgan fingerprint density at radius 3 is 2.15 bits per heavy atom. The molecule has 0 fully saturated rings. The number of carbonyl (C=O) groups excluding carboxylic acids is 5. The van der Waals surface area contributed by atoms with Crippen LogP contribution in [0, 0.1) is 0 Å². The fourth-order valence-electron chi connectivity index (χ4n) is 5.13. The number of nitrogens with one attached hydrogen (secondary N) is 3. The maximum Gasteiger partial charge on any atom is 0.248 e. The van der Waals surface area contributed by atoms with Gasteiger partial charge in [0.25, 0.3) is 0 Å². The van der Waals surface area contributed by atoms with Crippen LogP contribution in [0.1, 0.15) is 43.6 Å². The summed E-state index contributed by atoms with van der Waals surface area (Å²) < 4.78 is 0. The second-order valence-corrected chi connectivity index (χ2v) is 12.1. The fourth-order valence-corrected chi connectivity index (χ4v) is 6.32. The Kier molecular flexibility index (Phi) is 11.2. The molecule has 3 aromatic carbocycles. The number of hydrogen-bond donors (Lipinski definition) is 3. The Hall–Kier alpha value is -4.77. The number of allylic oxidation sites excluding steroid dienone is 2. The van der Waals surface area contributed by atoms with Crippen molar-refractivity contribution in [1.29, 1.82) is 0 Å². The number of fused-ring (bicyclic) bond motifs is 1. The van der Waals surface area contributed by atoms with Gasteiger partial charge in [0, 0.05) is 46.9 Å². The van der Waals surface area contributed by atoms with E-state index in [1.54, 1.807) is 54.6 Å². The van der Waals surface area contributed by atoms with Gasteiger partial charge in [-0.1, -0.05) is 72.3 Å². The lowest BCUT2D eigenvalue weighted by atomic mass is 9.92. The standard InChI is InChI=1S/C35H30Cl2N4O5S/c36-21-29(43)41(32(27-11-6-20-47-27)35(46)39-18-16-22-7-2-1-3-8-22)24-14-12-23(13-15-24)40-28(42)17-19-38-31-30(37)33(44)25-9-4-5-10-26(25)34(31)45/h1-15,20,32,38H,16-19,21H2,(H,39,46)(H,40,42). The van der Waals surface area contributed by atoms with Crippen LogP contribution in [-0.4, -0.2) is 48.3 Å². The molecule has 1 aromatic heterocycles. The highest BCUT2D eigenvalue weighted by Gasteiger charge is 2.33. The Labute approximate surface area is 285 Å². The summed E-state index contributed by atoms with van der Waals surface area (Å²) >= 11 is 13.6. The Morgan fingerprint density at radius 2 is 1.49 bits per heavy atom. The van der Waals surface area contributed by atoms with Crippen LogP contribution < -0.4 is 20.9 Å². The van der Waals surface area contributed by atoms with Gasteiger partial charge in [-0.25, -0.2) is 0 Å². The number of nitrogens with zero attached hydrogens (tertiary/aromatic N) is 1. The second kappa shape index (κ2) is 15.7. The highest BCUT2D eigenvalue weighted by molar-refractivity contribution is 7.10. The van der Waals surface area contributed by atoms with Gasteiger partial charge in [0.05, 0.1) is 0 Å². The number of rotatable bonds is 13. The summed E-state index contributed by atoms with van der Waals surface area (Å²) in [6, 6.07) is 25.3. The van der Waals surface area contributed by atoms with Crippen LogP contribution in [0.25, 0.3) is 0 Å². The minimum absolute atomic E-state index is 0.0288. The third-order valence-electron chi connectivity index (χ3n) is 7.40. The highest BCUT2D eigenvalue weighted by atomic mass is 35.5. The zero-order valence-electron chi connectivity index (χ0n) is 25.0. The number of anilines is 2. The first kappa shape index (κ1) is 33.6. The zero-order chi connectivity index (χ0) is 33.3. The molecule has 1 unspecified atom stereocenters. The van der Waals surface area contributed by atoms with Crippen molar-refractivity contribution in [2.45, 2.75) is 18.9 Å². The van der Waals surface area contributed by atoms with Crippen molar-refractivity contribution in [1.82, 2.24) is 10.6 Å². The molecular formula is C35H30Cl2N4O5S. The van der Waals surface area contributed by atoms with Crippen molar-refractivity contribution in [3.8, 4) is 0 Å². The van der Waals surface area contributed by atoms with Gasteiger partial charge in [-0.2, -0.15) is 0 Å². The van der Waals surface area contributed by atoms with Gasteiger partial charge >= 0.3 is 0 Å². The molecule has 47 heavy (non-hydrogen) atoms. The van der Waals surface area contributed by atoms with E-state index in [1.807, 2.05) is 41.8 Å². The number of alkyl halides is 1. The summed E-state index contributed by atoms with van der Waals surface area (Å²) in [4.78, 5) is 66.9. The summed E-state index contributed by atoms with van der Waals surface area (Å²) in [5.74, 6) is -2.38. The molecule has 0 bridgehead atoms. The van der Waals surface area contributed by atoms with Crippen molar-refractivity contribution in [3.63, 3.8) is 0 Å². The van der Waals surface area contributed by atoms with Crippen LogP contribution in [0.5, 0.6) is 0 Å². The van der Waals surface area contributed by atoms with E-state index in [9.17, 15) is 24.0 Å². The molecule has 0 aliphatic heterocycles.